The van der Waals surface area contributed by atoms with Crippen molar-refractivity contribution >= 4 is 11.9 Å². The van der Waals surface area contributed by atoms with E-state index in [1.54, 1.807) is 35.1 Å². The summed E-state index contributed by atoms with van der Waals surface area (Å²) in [6, 6.07) is 8.85. The lowest BCUT2D eigenvalue weighted by Crippen LogP contribution is -2.29. The maximum atomic E-state index is 12.1. The molecule has 0 bridgehead atoms. The molecule has 3 rings (SSSR count). The summed E-state index contributed by atoms with van der Waals surface area (Å²) in [7, 11) is 0. The number of hydrogen-bond acceptors (Lipinski definition) is 4. The van der Waals surface area contributed by atoms with Gasteiger partial charge < -0.3 is 10.1 Å². The smallest absolute Gasteiger partial charge is 0.338 e. The predicted octanol–water partition coefficient (Wildman–Crippen LogP) is 3.34. The molecule has 1 aromatic carbocycles. The summed E-state index contributed by atoms with van der Waals surface area (Å²) in [5, 5.41) is 7.03. The Kier molecular flexibility index (Phi) is 6.41. The van der Waals surface area contributed by atoms with Crippen LogP contribution in [0.4, 0.5) is 0 Å². The summed E-state index contributed by atoms with van der Waals surface area (Å²) in [5.74, 6) is -0.785. The largest absolute Gasteiger partial charge is 0.452 e. The van der Waals surface area contributed by atoms with Gasteiger partial charge in [-0.2, -0.15) is 5.10 Å². The molecule has 2 aromatic rings. The van der Waals surface area contributed by atoms with E-state index >= 15 is 0 Å². The number of aromatic nitrogens is 2. The van der Waals surface area contributed by atoms with Gasteiger partial charge in [-0.15, -0.1) is 0 Å². The molecule has 0 fully saturated rings. The van der Waals surface area contributed by atoms with Crippen LogP contribution in [0.5, 0.6) is 0 Å². The van der Waals surface area contributed by atoms with Crippen molar-refractivity contribution in [2.75, 3.05) is 13.2 Å². The first-order valence-electron chi connectivity index (χ1n) is 9.36. The topological polar surface area (TPSA) is 73.2 Å². The zero-order chi connectivity index (χ0) is 19.1. The van der Waals surface area contributed by atoms with Crippen molar-refractivity contribution < 1.29 is 14.3 Å². The summed E-state index contributed by atoms with van der Waals surface area (Å²) in [6.07, 6.45) is 9.61. The number of hydrogen-bond donors (Lipinski definition) is 1. The van der Waals surface area contributed by atoms with Crippen molar-refractivity contribution in [1.82, 2.24) is 15.1 Å². The molecule has 27 heavy (non-hydrogen) atoms. The molecule has 6 nitrogen and oxygen atoms in total. The van der Waals surface area contributed by atoms with Gasteiger partial charge in [0.15, 0.2) is 6.61 Å². The minimum atomic E-state index is -0.510. The van der Waals surface area contributed by atoms with Crippen LogP contribution in [0.25, 0.3) is 5.69 Å². The zero-order valence-corrected chi connectivity index (χ0v) is 15.6. The molecule has 6 heteroatoms. The van der Waals surface area contributed by atoms with Crippen molar-refractivity contribution in [3.05, 3.63) is 59.4 Å². The number of rotatable bonds is 7. The van der Waals surface area contributed by atoms with Crippen LogP contribution in [0, 0.1) is 6.92 Å². The average Bonchev–Trinajstić information content (AvgIpc) is 3.13. The molecule has 0 aliphatic heterocycles. The van der Waals surface area contributed by atoms with E-state index in [1.807, 2.05) is 13.0 Å². The van der Waals surface area contributed by atoms with Gasteiger partial charge in [0.25, 0.3) is 5.91 Å². The van der Waals surface area contributed by atoms with Crippen LogP contribution in [0.2, 0.25) is 0 Å². The summed E-state index contributed by atoms with van der Waals surface area (Å²) < 4.78 is 6.88. The molecule has 0 saturated carbocycles. The van der Waals surface area contributed by atoms with Crippen molar-refractivity contribution in [3.63, 3.8) is 0 Å². The highest BCUT2D eigenvalue weighted by atomic mass is 16.5. The van der Waals surface area contributed by atoms with Crippen LogP contribution in [0.1, 0.15) is 48.2 Å². The van der Waals surface area contributed by atoms with E-state index in [4.69, 9.17) is 4.74 Å². The van der Waals surface area contributed by atoms with Gasteiger partial charge in [-0.3, -0.25) is 4.79 Å². The SMILES string of the molecule is Cc1ccnn1-c1ccc(C(=O)OCC(=O)NCCC2=CCCCC2)cc1. The van der Waals surface area contributed by atoms with Crippen molar-refractivity contribution in [1.29, 1.82) is 0 Å². The molecule has 0 saturated heterocycles. The van der Waals surface area contributed by atoms with Gasteiger partial charge in [0.2, 0.25) is 0 Å². The minimum absolute atomic E-state index is 0.266. The molecular formula is C21H25N3O3. The molecule has 0 spiro atoms. The van der Waals surface area contributed by atoms with Crippen LogP contribution in [0.3, 0.4) is 0 Å². The minimum Gasteiger partial charge on any atom is -0.452 e. The van der Waals surface area contributed by atoms with Gasteiger partial charge in [-0.05, 0) is 69.4 Å². The van der Waals surface area contributed by atoms with Crippen LogP contribution < -0.4 is 5.32 Å². The van der Waals surface area contributed by atoms with Gasteiger partial charge in [-0.25, -0.2) is 9.48 Å². The molecule has 0 unspecified atom stereocenters. The Morgan fingerprint density at radius 1 is 1.19 bits per heavy atom. The van der Waals surface area contributed by atoms with Gasteiger partial charge in [0.05, 0.1) is 11.3 Å². The van der Waals surface area contributed by atoms with E-state index in [-0.39, 0.29) is 12.5 Å². The van der Waals surface area contributed by atoms with E-state index in [2.05, 4.69) is 16.5 Å². The number of allylic oxidation sites excluding steroid dienone is 1. The normalized spacial score (nSPS) is 13.7. The molecule has 0 atom stereocenters. The fraction of sp³-hybridized carbons (Fsp3) is 0.381. The summed E-state index contributed by atoms with van der Waals surface area (Å²) in [5.41, 5.74) is 3.68. The second kappa shape index (κ2) is 9.16. The first kappa shape index (κ1) is 18.9. The number of carbonyl (C=O) groups excluding carboxylic acids is 2. The fourth-order valence-electron chi connectivity index (χ4n) is 3.14. The zero-order valence-electron chi connectivity index (χ0n) is 15.6. The molecule has 1 heterocycles. The maximum absolute atomic E-state index is 12.1. The monoisotopic (exact) mass is 367 g/mol. The van der Waals surface area contributed by atoms with Crippen molar-refractivity contribution in [2.24, 2.45) is 0 Å². The number of aryl methyl sites for hydroxylation is 1. The highest BCUT2D eigenvalue weighted by Crippen LogP contribution is 2.19. The predicted molar refractivity (Wildman–Crippen MR) is 103 cm³/mol. The van der Waals surface area contributed by atoms with Gasteiger partial charge >= 0.3 is 5.97 Å². The maximum Gasteiger partial charge on any atom is 0.338 e. The van der Waals surface area contributed by atoms with E-state index in [9.17, 15) is 9.59 Å². The third kappa shape index (κ3) is 5.29. The Morgan fingerprint density at radius 2 is 2.00 bits per heavy atom. The van der Waals surface area contributed by atoms with Gasteiger partial charge in [0.1, 0.15) is 0 Å². The highest BCUT2D eigenvalue weighted by Gasteiger charge is 2.11. The third-order valence-electron chi connectivity index (χ3n) is 4.67. The number of ether oxygens (including phenoxy) is 1. The van der Waals surface area contributed by atoms with Crippen LogP contribution in [-0.2, 0) is 9.53 Å². The van der Waals surface area contributed by atoms with E-state index < -0.39 is 5.97 Å². The van der Waals surface area contributed by atoms with E-state index in [1.165, 1.54) is 18.4 Å². The Hall–Kier alpha value is -2.89. The number of amides is 1. The second-order valence-corrected chi connectivity index (χ2v) is 6.72. The molecule has 1 aliphatic carbocycles. The molecule has 1 aliphatic rings. The van der Waals surface area contributed by atoms with E-state index in [0.717, 1.165) is 30.6 Å². The number of nitrogens with zero attached hydrogens (tertiary/aromatic N) is 2. The quantitative estimate of drug-likeness (QED) is 0.602. The van der Waals surface area contributed by atoms with Crippen molar-refractivity contribution in [3.8, 4) is 5.69 Å². The van der Waals surface area contributed by atoms with Crippen molar-refractivity contribution in [2.45, 2.75) is 39.0 Å². The third-order valence-corrected chi connectivity index (χ3v) is 4.67. The number of nitrogens with one attached hydrogen (secondary N) is 1. The van der Waals surface area contributed by atoms with Gasteiger partial charge in [0, 0.05) is 18.4 Å². The first-order valence-corrected chi connectivity index (χ1v) is 9.36. The molecule has 1 aromatic heterocycles. The fourth-order valence-corrected chi connectivity index (χ4v) is 3.14. The Balaban J connectivity index is 1.42. The number of carbonyl (C=O) groups is 2. The summed E-state index contributed by atoms with van der Waals surface area (Å²) in [4.78, 5) is 23.9. The lowest BCUT2D eigenvalue weighted by atomic mass is 9.97. The molecule has 1 N–H and O–H groups in total. The lowest BCUT2D eigenvalue weighted by molar-refractivity contribution is -0.124. The molecular weight excluding hydrogens is 342 g/mol. The molecule has 0 radical (unpaired) electrons. The number of benzene rings is 1. The lowest BCUT2D eigenvalue weighted by Gasteiger charge is -2.13. The van der Waals surface area contributed by atoms with Crippen LogP contribution in [-0.4, -0.2) is 34.8 Å². The standard InChI is InChI=1S/C21H25N3O3/c1-16-11-14-23-24(16)19-9-7-18(8-10-19)21(26)27-15-20(25)22-13-12-17-5-3-2-4-6-17/h5,7-11,14H,2-4,6,12-13,15H2,1H3,(H,22,25). The van der Waals surface area contributed by atoms with E-state index in [0.29, 0.717) is 12.1 Å². The highest BCUT2D eigenvalue weighted by molar-refractivity contribution is 5.91. The molecule has 1 amide bonds. The Bertz CT molecular complexity index is 821. The summed E-state index contributed by atoms with van der Waals surface area (Å²) >= 11 is 0. The Morgan fingerprint density at radius 3 is 2.67 bits per heavy atom. The summed E-state index contributed by atoms with van der Waals surface area (Å²) in [6.45, 7) is 2.27. The molecule has 142 valence electrons. The number of esters is 1. The van der Waals surface area contributed by atoms with Crippen LogP contribution in [0.15, 0.2) is 48.2 Å². The second-order valence-electron chi connectivity index (χ2n) is 6.72. The average molecular weight is 367 g/mol. The van der Waals surface area contributed by atoms with Crippen LogP contribution >= 0.6 is 0 Å². The van der Waals surface area contributed by atoms with Gasteiger partial charge in [-0.1, -0.05) is 11.6 Å². The first-order chi connectivity index (χ1) is 13.1. The Labute approximate surface area is 159 Å².